The van der Waals surface area contributed by atoms with E-state index in [-0.39, 0.29) is 17.7 Å². The fourth-order valence-electron chi connectivity index (χ4n) is 3.38. The van der Waals surface area contributed by atoms with Crippen LogP contribution in [0.25, 0.3) is 0 Å². The van der Waals surface area contributed by atoms with E-state index in [4.69, 9.17) is 4.74 Å². The average molecular weight is 387 g/mol. The van der Waals surface area contributed by atoms with Crippen molar-refractivity contribution in [2.75, 3.05) is 18.4 Å². The minimum atomic E-state index is -0.480. The van der Waals surface area contributed by atoms with E-state index in [0.717, 1.165) is 18.4 Å². The summed E-state index contributed by atoms with van der Waals surface area (Å²) < 4.78 is 9.05. The van der Waals surface area contributed by atoms with Crippen LogP contribution in [0.1, 0.15) is 45.2 Å². The van der Waals surface area contributed by atoms with Gasteiger partial charge in [0, 0.05) is 38.6 Å². The molecule has 0 unspecified atom stereocenters. The van der Waals surface area contributed by atoms with E-state index < -0.39 is 5.60 Å². The molecule has 1 amide bonds. The first kappa shape index (κ1) is 20.0. The molecule has 0 bridgehead atoms. The van der Waals surface area contributed by atoms with Crippen LogP contribution in [0.2, 0.25) is 0 Å². The Hall–Kier alpha value is -2.77. The summed E-state index contributed by atoms with van der Waals surface area (Å²) in [7, 11) is 1.73. The molecule has 0 aromatic carbocycles. The SMILES string of the molecule is Cc1cc(Nc2cn(C3CCN(C(=O)OC(C)(C)C)CC3)cn2)c(=O)n(C)c1. The Balaban J connectivity index is 1.61. The molecule has 2 aromatic rings. The number of likely N-dealkylation sites (tertiary alicyclic amines) is 1. The summed E-state index contributed by atoms with van der Waals surface area (Å²) in [6, 6.07) is 2.09. The third-order valence-electron chi connectivity index (χ3n) is 4.72. The second kappa shape index (κ2) is 7.69. The van der Waals surface area contributed by atoms with Crippen LogP contribution in [0.15, 0.2) is 29.6 Å². The highest BCUT2D eigenvalue weighted by atomic mass is 16.6. The largest absolute Gasteiger partial charge is 0.444 e. The minimum absolute atomic E-state index is 0.0918. The molecule has 0 saturated carbocycles. The van der Waals surface area contributed by atoms with E-state index in [9.17, 15) is 9.59 Å². The number of carbonyl (C=O) groups excluding carboxylic acids is 1. The summed E-state index contributed by atoms with van der Waals surface area (Å²) in [5.74, 6) is 0.636. The molecule has 3 heterocycles. The van der Waals surface area contributed by atoms with Crippen LogP contribution in [0, 0.1) is 6.92 Å². The second-order valence-electron chi connectivity index (χ2n) is 8.38. The first-order valence-corrected chi connectivity index (χ1v) is 9.58. The number of hydrogen-bond acceptors (Lipinski definition) is 5. The number of nitrogens with zero attached hydrogens (tertiary/aromatic N) is 4. The van der Waals surface area contributed by atoms with Crippen molar-refractivity contribution in [1.29, 1.82) is 0 Å². The number of aryl methyl sites for hydroxylation is 2. The predicted molar refractivity (Wildman–Crippen MR) is 108 cm³/mol. The molecule has 0 atom stereocenters. The third-order valence-corrected chi connectivity index (χ3v) is 4.72. The first-order valence-electron chi connectivity index (χ1n) is 9.58. The number of aromatic nitrogens is 3. The van der Waals surface area contributed by atoms with E-state index in [0.29, 0.717) is 24.6 Å². The molecule has 0 aliphatic carbocycles. The Kier molecular flexibility index (Phi) is 5.49. The summed E-state index contributed by atoms with van der Waals surface area (Å²) in [5.41, 5.74) is 0.933. The Morgan fingerprint density at radius 2 is 1.93 bits per heavy atom. The van der Waals surface area contributed by atoms with Gasteiger partial charge >= 0.3 is 6.09 Å². The summed E-state index contributed by atoms with van der Waals surface area (Å²) in [6.07, 6.45) is 6.90. The molecule has 1 N–H and O–H groups in total. The topological polar surface area (TPSA) is 81.4 Å². The highest BCUT2D eigenvalue weighted by Crippen LogP contribution is 2.25. The van der Waals surface area contributed by atoms with Crippen LogP contribution in [0.3, 0.4) is 0 Å². The summed E-state index contributed by atoms with van der Waals surface area (Å²) >= 11 is 0. The Morgan fingerprint density at radius 3 is 2.57 bits per heavy atom. The van der Waals surface area contributed by atoms with E-state index in [1.165, 1.54) is 0 Å². The lowest BCUT2D eigenvalue weighted by Gasteiger charge is -2.33. The van der Waals surface area contributed by atoms with Gasteiger partial charge in [-0.15, -0.1) is 0 Å². The molecule has 8 heteroatoms. The Bertz CT molecular complexity index is 901. The molecule has 2 aromatic heterocycles. The molecule has 1 aliphatic rings. The maximum atomic E-state index is 12.2. The van der Waals surface area contributed by atoms with Gasteiger partial charge in [-0.05, 0) is 52.2 Å². The van der Waals surface area contributed by atoms with Gasteiger partial charge < -0.3 is 24.1 Å². The third kappa shape index (κ3) is 4.74. The number of amides is 1. The van der Waals surface area contributed by atoms with Crippen molar-refractivity contribution in [1.82, 2.24) is 19.0 Å². The fraction of sp³-hybridized carbons (Fsp3) is 0.550. The lowest BCUT2D eigenvalue weighted by Crippen LogP contribution is -2.42. The van der Waals surface area contributed by atoms with Crippen molar-refractivity contribution in [3.8, 4) is 0 Å². The van der Waals surface area contributed by atoms with Crippen LogP contribution < -0.4 is 10.9 Å². The molecule has 1 fully saturated rings. The zero-order valence-electron chi connectivity index (χ0n) is 17.2. The van der Waals surface area contributed by atoms with Crippen molar-refractivity contribution < 1.29 is 9.53 Å². The monoisotopic (exact) mass is 387 g/mol. The minimum Gasteiger partial charge on any atom is -0.444 e. The number of piperidine rings is 1. The van der Waals surface area contributed by atoms with Crippen molar-refractivity contribution >= 4 is 17.6 Å². The summed E-state index contributed by atoms with van der Waals surface area (Å²) in [4.78, 5) is 30.6. The van der Waals surface area contributed by atoms with Gasteiger partial charge in [-0.3, -0.25) is 4.79 Å². The maximum Gasteiger partial charge on any atom is 0.410 e. The zero-order chi connectivity index (χ0) is 20.5. The van der Waals surface area contributed by atoms with Gasteiger partial charge in [0.15, 0.2) is 0 Å². The first-order chi connectivity index (χ1) is 13.1. The lowest BCUT2D eigenvalue weighted by molar-refractivity contribution is 0.0188. The second-order valence-corrected chi connectivity index (χ2v) is 8.38. The number of rotatable bonds is 3. The Morgan fingerprint density at radius 1 is 1.25 bits per heavy atom. The number of ether oxygens (including phenoxy) is 1. The molecular weight excluding hydrogens is 358 g/mol. The number of nitrogens with one attached hydrogen (secondary N) is 1. The van der Waals surface area contributed by atoms with Crippen molar-refractivity contribution in [3.63, 3.8) is 0 Å². The van der Waals surface area contributed by atoms with Crippen LogP contribution in [0.4, 0.5) is 16.3 Å². The quantitative estimate of drug-likeness (QED) is 0.875. The number of hydrogen-bond donors (Lipinski definition) is 1. The summed E-state index contributed by atoms with van der Waals surface area (Å²) in [5, 5.41) is 3.12. The van der Waals surface area contributed by atoms with E-state index >= 15 is 0 Å². The average Bonchev–Trinajstić information content (AvgIpc) is 3.06. The summed E-state index contributed by atoms with van der Waals surface area (Å²) in [6.45, 7) is 8.87. The van der Waals surface area contributed by atoms with E-state index in [2.05, 4.69) is 14.9 Å². The zero-order valence-corrected chi connectivity index (χ0v) is 17.2. The normalized spacial score (nSPS) is 15.5. The van der Waals surface area contributed by atoms with E-state index in [1.807, 2.05) is 40.0 Å². The number of imidazole rings is 1. The molecule has 1 aliphatic heterocycles. The van der Waals surface area contributed by atoms with Gasteiger partial charge in [0.25, 0.3) is 5.56 Å². The maximum absolute atomic E-state index is 12.2. The lowest BCUT2D eigenvalue weighted by atomic mass is 10.1. The van der Waals surface area contributed by atoms with Gasteiger partial charge in [0.1, 0.15) is 17.1 Å². The predicted octanol–water partition coefficient (Wildman–Crippen LogP) is 3.21. The molecule has 1 saturated heterocycles. The number of anilines is 2. The Labute approximate surface area is 165 Å². The van der Waals surface area contributed by atoms with Gasteiger partial charge in [0.05, 0.1) is 6.33 Å². The van der Waals surface area contributed by atoms with Crippen LogP contribution in [-0.2, 0) is 11.8 Å². The van der Waals surface area contributed by atoms with Crippen LogP contribution in [-0.4, -0.2) is 43.8 Å². The smallest absolute Gasteiger partial charge is 0.410 e. The van der Waals surface area contributed by atoms with Crippen LogP contribution in [0.5, 0.6) is 0 Å². The molecule has 152 valence electrons. The molecule has 3 rings (SSSR count). The van der Waals surface area contributed by atoms with E-state index in [1.54, 1.807) is 29.0 Å². The van der Waals surface area contributed by atoms with Gasteiger partial charge in [-0.2, -0.15) is 0 Å². The highest BCUT2D eigenvalue weighted by molar-refractivity contribution is 5.68. The van der Waals surface area contributed by atoms with Gasteiger partial charge in [-0.1, -0.05) is 0 Å². The highest BCUT2D eigenvalue weighted by Gasteiger charge is 2.27. The molecular formula is C20H29N5O3. The van der Waals surface area contributed by atoms with Gasteiger partial charge in [-0.25, -0.2) is 9.78 Å². The molecule has 8 nitrogen and oxygen atoms in total. The fourth-order valence-corrected chi connectivity index (χ4v) is 3.38. The number of pyridine rings is 1. The van der Waals surface area contributed by atoms with Crippen molar-refractivity contribution in [2.45, 2.75) is 52.2 Å². The van der Waals surface area contributed by atoms with Gasteiger partial charge in [0.2, 0.25) is 0 Å². The van der Waals surface area contributed by atoms with Crippen molar-refractivity contribution in [3.05, 3.63) is 40.7 Å². The number of carbonyl (C=O) groups is 1. The van der Waals surface area contributed by atoms with Crippen LogP contribution >= 0.6 is 0 Å². The van der Waals surface area contributed by atoms with Crippen molar-refractivity contribution in [2.24, 2.45) is 7.05 Å². The molecule has 0 radical (unpaired) electrons. The molecule has 0 spiro atoms. The standard InChI is InChI=1S/C20H29N5O3/c1-14-10-16(18(26)23(5)11-14)22-17-12-25(13-21-17)15-6-8-24(9-7-15)19(27)28-20(2,3)4/h10-13,15,22H,6-9H2,1-5H3. The molecule has 28 heavy (non-hydrogen) atoms.